The van der Waals surface area contributed by atoms with Crippen molar-refractivity contribution < 1.29 is 9.47 Å². The van der Waals surface area contributed by atoms with E-state index in [9.17, 15) is 0 Å². The van der Waals surface area contributed by atoms with Gasteiger partial charge in [0.1, 0.15) is 0 Å². The van der Waals surface area contributed by atoms with Gasteiger partial charge >= 0.3 is 0 Å². The third kappa shape index (κ3) is 6.14. The van der Waals surface area contributed by atoms with Crippen LogP contribution in [0.25, 0.3) is 43.1 Å². The summed E-state index contributed by atoms with van der Waals surface area (Å²) in [6, 6.07) is 21.6. The summed E-state index contributed by atoms with van der Waals surface area (Å²) in [5.74, 6) is 1.70. The minimum atomic E-state index is 0.580. The van der Waals surface area contributed by atoms with Gasteiger partial charge in [-0.3, -0.25) is 0 Å². The zero-order chi connectivity index (χ0) is 26.5. The third-order valence-electron chi connectivity index (χ3n) is 7.32. The molecule has 0 N–H and O–H groups in total. The summed E-state index contributed by atoms with van der Waals surface area (Å²) in [7, 11) is 0. The normalized spacial score (nSPS) is 11.7. The minimum Gasteiger partial charge on any atom is -0.490 e. The maximum atomic E-state index is 6.29. The quantitative estimate of drug-likeness (QED) is 0.114. The van der Waals surface area contributed by atoms with Crippen LogP contribution in [0.3, 0.4) is 0 Å². The molecule has 38 heavy (non-hydrogen) atoms. The predicted molar refractivity (Wildman–Crippen MR) is 166 cm³/mol. The van der Waals surface area contributed by atoms with E-state index < -0.39 is 0 Å². The Hall–Kier alpha value is -2.68. The smallest absolute Gasteiger partial charge is 0.161 e. The predicted octanol–water partition coefficient (Wildman–Crippen LogP) is 11.5. The highest BCUT2D eigenvalue weighted by molar-refractivity contribution is 6.42. The van der Waals surface area contributed by atoms with E-state index in [1.807, 2.05) is 12.1 Å². The van der Waals surface area contributed by atoms with Gasteiger partial charge in [0.2, 0.25) is 0 Å². The maximum absolute atomic E-state index is 6.29. The average Bonchev–Trinajstić information content (AvgIpc) is 2.90. The summed E-state index contributed by atoms with van der Waals surface area (Å²) >= 11 is 12.6. The number of rotatable bonds is 12. The Balaban J connectivity index is 1.51. The molecule has 0 radical (unpaired) electrons. The van der Waals surface area contributed by atoms with E-state index in [-0.39, 0.29) is 0 Å². The molecule has 0 saturated carbocycles. The van der Waals surface area contributed by atoms with Gasteiger partial charge in [0.15, 0.2) is 11.5 Å². The maximum Gasteiger partial charge on any atom is 0.161 e. The van der Waals surface area contributed by atoms with Gasteiger partial charge in [-0.2, -0.15) is 0 Å². The van der Waals surface area contributed by atoms with E-state index in [1.165, 1.54) is 60.1 Å². The van der Waals surface area contributed by atoms with Crippen molar-refractivity contribution in [1.82, 2.24) is 0 Å². The zero-order valence-corrected chi connectivity index (χ0v) is 23.9. The zero-order valence-electron chi connectivity index (χ0n) is 22.4. The molecule has 0 aliphatic rings. The number of unbranched alkanes of at least 4 members (excludes halogenated alkanes) is 6. The molecule has 5 aromatic carbocycles. The molecule has 0 unspecified atom stereocenters. The molecule has 0 spiro atoms. The SMILES string of the molecule is CCCCCCOc1cc2cc3cc4cc5cc(Cl)c(Cl)cc5cc4cc3cc2cc1OCCCCCC. The molecule has 4 heteroatoms. The van der Waals surface area contributed by atoms with Crippen molar-refractivity contribution >= 4 is 66.3 Å². The fourth-order valence-corrected chi connectivity index (χ4v) is 5.50. The highest BCUT2D eigenvalue weighted by Gasteiger charge is 2.11. The van der Waals surface area contributed by atoms with Crippen molar-refractivity contribution in [2.45, 2.75) is 65.2 Å². The molecule has 5 aromatic rings. The van der Waals surface area contributed by atoms with Crippen LogP contribution in [-0.2, 0) is 0 Å². The molecule has 0 fully saturated rings. The second kappa shape index (κ2) is 12.5. The number of ether oxygens (including phenoxy) is 2. The largest absolute Gasteiger partial charge is 0.490 e. The second-order valence-electron chi connectivity index (χ2n) is 10.3. The molecule has 198 valence electrons. The van der Waals surface area contributed by atoms with Crippen molar-refractivity contribution in [2.75, 3.05) is 13.2 Å². The Morgan fingerprint density at radius 2 is 0.737 bits per heavy atom. The van der Waals surface area contributed by atoms with Crippen LogP contribution in [0.2, 0.25) is 10.0 Å². The van der Waals surface area contributed by atoms with Crippen molar-refractivity contribution in [3.63, 3.8) is 0 Å². The number of benzene rings is 5. The first-order valence-electron chi connectivity index (χ1n) is 14.1. The Morgan fingerprint density at radius 3 is 1.08 bits per heavy atom. The molecule has 5 rings (SSSR count). The van der Waals surface area contributed by atoms with Crippen molar-refractivity contribution in [1.29, 1.82) is 0 Å². The van der Waals surface area contributed by atoms with Gasteiger partial charge in [-0.05, 0) is 117 Å². The molecule has 0 bridgehead atoms. The molecule has 0 aromatic heterocycles. The molecule has 0 atom stereocenters. The topological polar surface area (TPSA) is 18.5 Å². The Morgan fingerprint density at radius 1 is 0.421 bits per heavy atom. The van der Waals surface area contributed by atoms with Crippen LogP contribution in [0.4, 0.5) is 0 Å². The lowest BCUT2D eigenvalue weighted by Gasteiger charge is -2.15. The Labute approximate surface area is 235 Å². The van der Waals surface area contributed by atoms with Gasteiger partial charge in [0.05, 0.1) is 23.3 Å². The molecule has 0 aliphatic heterocycles. The average molecular weight is 548 g/mol. The van der Waals surface area contributed by atoms with Crippen LogP contribution in [0.1, 0.15) is 65.2 Å². The highest BCUT2D eigenvalue weighted by atomic mass is 35.5. The molecule has 0 amide bonds. The lowest BCUT2D eigenvalue weighted by Crippen LogP contribution is -2.03. The highest BCUT2D eigenvalue weighted by Crippen LogP contribution is 2.37. The summed E-state index contributed by atoms with van der Waals surface area (Å²) in [6.45, 7) is 5.90. The van der Waals surface area contributed by atoms with Gasteiger partial charge in [0, 0.05) is 0 Å². The van der Waals surface area contributed by atoms with Crippen LogP contribution >= 0.6 is 23.2 Å². The van der Waals surface area contributed by atoms with Crippen LogP contribution < -0.4 is 9.47 Å². The summed E-state index contributed by atoms with van der Waals surface area (Å²) < 4.78 is 12.5. The molecule has 0 heterocycles. The van der Waals surface area contributed by atoms with Gasteiger partial charge in [-0.1, -0.05) is 75.6 Å². The number of hydrogen-bond acceptors (Lipinski definition) is 2. The lowest BCUT2D eigenvalue weighted by atomic mass is 9.97. The number of hydrogen-bond donors (Lipinski definition) is 0. The number of fused-ring (bicyclic) bond motifs is 4. The molecular weight excluding hydrogens is 511 g/mol. The summed E-state index contributed by atoms with van der Waals surface area (Å²) in [5.41, 5.74) is 0. The molecular formula is C34H36Cl2O2. The molecule has 2 nitrogen and oxygen atoms in total. The van der Waals surface area contributed by atoms with E-state index in [0.29, 0.717) is 10.0 Å². The fourth-order valence-electron chi connectivity index (χ4n) is 5.16. The first-order valence-corrected chi connectivity index (χ1v) is 14.8. The Kier molecular flexibility index (Phi) is 8.82. The Bertz CT molecular complexity index is 1460. The first kappa shape index (κ1) is 26.9. The fraction of sp³-hybridized carbons (Fsp3) is 0.353. The van der Waals surface area contributed by atoms with Crippen LogP contribution in [0.15, 0.2) is 60.7 Å². The van der Waals surface area contributed by atoms with Gasteiger partial charge < -0.3 is 9.47 Å². The number of halogens is 2. The van der Waals surface area contributed by atoms with Crippen molar-refractivity contribution in [3.05, 3.63) is 70.7 Å². The summed E-state index contributed by atoms with van der Waals surface area (Å²) in [5, 5.41) is 10.4. The van der Waals surface area contributed by atoms with Crippen LogP contribution in [-0.4, -0.2) is 13.2 Å². The monoisotopic (exact) mass is 546 g/mol. The lowest BCUT2D eigenvalue weighted by molar-refractivity contribution is 0.259. The van der Waals surface area contributed by atoms with Crippen molar-refractivity contribution in [3.8, 4) is 11.5 Å². The van der Waals surface area contributed by atoms with Crippen molar-refractivity contribution in [2.24, 2.45) is 0 Å². The minimum absolute atomic E-state index is 0.580. The van der Waals surface area contributed by atoms with Crippen LogP contribution in [0, 0.1) is 0 Å². The first-order chi connectivity index (χ1) is 18.6. The molecule has 0 aliphatic carbocycles. The van der Waals surface area contributed by atoms with Gasteiger partial charge in [-0.25, -0.2) is 0 Å². The van der Waals surface area contributed by atoms with E-state index in [4.69, 9.17) is 32.7 Å². The summed E-state index contributed by atoms with van der Waals surface area (Å²) in [4.78, 5) is 0. The van der Waals surface area contributed by atoms with E-state index in [0.717, 1.165) is 59.1 Å². The molecule has 0 saturated heterocycles. The van der Waals surface area contributed by atoms with Gasteiger partial charge in [-0.15, -0.1) is 0 Å². The van der Waals surface area contributed by atoms with E-state index in [2.05, 4.69) is 62.4 Å². The van der Waals surface area contributed by atoms with Gasteiger partial charge in [0.25, 0.3) is 0 Å². The standard InChI is InChI=1S/C34H36Cl2O2/c1-3-5-7-9-11-37-33-21-29-17-25-13-23-15-27-19-31(35)32(36)20-28(27)16-24(23)14-26(25)18-30(29)22-34(33)38-12-10-8-6-4-2/h13-22H,3-12H2,1-2H3. The second-order valence-corrected chi connectivity index (χ2v) is 11.1. The van der Waals surface area contributed by atoms with E-state index >= 15 is 0 Å². The summed E-state index contributed by atoms with van der Waals surface area (Å²) in [6.07, 6.45) is 9.46. The van der Waals surface area contributed by atoms with Crippen LogP contribution in [0.5, 0.6) is 11.5 Å². The third-order valence-corrected chi connectivity index (χ3v) is 8.04. The van der Waals surface area contributed by atoms with E-state index in [1.54, 1.807) is 0 Å².